The highest BCUT2D eigenvalue weighted by molar-refractivity contribution is 5.96. The molecular weight excluding hydrogens is 422 g/mol. The molecule has 1 saturated heterocycles. The number of benzene rings is 2. The van der Waals surface area contributed by atoms with Crippen molar-refractivity contribution in [2.45, 2.75) is 13.0 Å². The summed E-state index contributed by atoms with van der Waals surface area (Å²) >= 11 is 0. The standard InChI is InChI=1S/C28H31N5O/c1-32-9-11-33(12-10-32)18-22-4-3-19(15-27(22)34-2)23-14-24-25(17-31-28(24)30-16-23)20-5-6-26-21(13-20)7-8-29-26/h3-6,13-17,29H,7-12,18H2,1-2H3,(H,30,31). The van der Waals surface area contributed by atoms with Gasteiger partial charge in [0.15, 0.2) is 0 Å². The average Bonchev–Trinajstić information content (AvgIpc) is 3.51. The van der Waals surface area contributed by atoms with E-state index in [9.17, 15) is 0 Å². The first-order valence-electron chi connectivity index (χ1n) is 12.1. The number of aromatic amines is 1. The number of nitrogens with one attached hydrogen (secondary N) is 2. The number of likely N-dealkylation sites (N-methyl/N-ethyl adjacent to an activating group) is 1. The number of methoxy groups -OCH3 is 1. The molecule has 0 unspecified atom stereocenters. The Bertz CT molecular complexity index is 1340. The lowest BCUT2D eigenvalue weighted by Crippen LogP contribution is -2.43. The van der Waals surface area contributed by atoms with Crippen molar-refractivity contribution in [1.82, 2.24) is 19.8 Å². The van der Waals surface area contributed by atoms with Crippen molar-refractivity contribution in [2.24, 2.45) is 0 Å². The molecule has 2 N–H and O–H groups in total. The summed E-state index contributed by atoms with van der Waals surface area (Å²) in [6.45, 7) is 6.36. The number of rotatable bonds is 5. The van der Waals surface area contributed by atoms with Crippen molar-refractivity contribution in [1.29, 1.82) is 0 Å². The zero-order valence-corrected chi connectivity index (χ0v) is 19.9. The van der Waals surface area contributed by atoms with E-state index >= 15 is 0 Å². The van der Waals surface area contributed by atoms with Crippen molar-refractivity contribution in [2.75, 3.05) is 52.2 Å². The van der Waals surface area contributed by atoms with Gasteiger partial charge in [0, 0.05) is 79.4 Å². The van der Waals surface area contributed by atoms with Crippen LogP contribution in [0.2, 0.25) is 0 Å². The molecule has 0 saturated carbocycles. The number of ether oxygens (including phenoxy) is 1. The minimum Gasteiger partial charge on any atom is -0.496 e. The first-order valence-corrected chi connectivity index (χ1v) is 12.1. The Kier molecular flexibility index (Phi) is 5.47. The van der Waals surface area contributed by atoms with E-state index in [2.05, 4.69) is 75.8 Å². The molecule has 0 bridgehead atoms. The van der Waals surface area contributed by atoms with Gasteiger partial charge in [-0.15, -0.1) is 0 Å². The summed E-state index contributed by atoms with van der Waals surface area (Å²) in [5.41, 5.74) is 9.43. The molecule has 4 aromatic rings. The van der Waals surface area contributed by atoms with Crippen molar-refractivity contribution in [3.8, 4) is 28.0 Å². The number of aromatic nitrogens is 2. The average molecular weight is 454 g/mol. The zero-order valence-electron chi connectivity index (χ0n) is 19.9. The first-order chi connectivity index (χ1) is 16.7. The molecule has 0 aliphatic carbocycles. The second-order valence-corrected chi connectivity index (χ2v) is 9.48. The van der Waals surface area contributed by atoms with Crippen LogP contribution in [0.5, 0.6) is 5.75 Å². The zero-order chi connectivity index (χ0) is 23.1. The van der Waals surface area contributed by atoms with Gasteiger partial charge >= 0.3 is 0 Å². The topological polar surface area (TPSA) is 56.4 Å². The van der Waals surface area contributed by atoms with Crippen LogP contribution in [-0.4, -0.2) is 66.6 Å². The highest BCUT2D eigenvalue weighted by atomic mass is 16.5. The molecule has 0 atom stereocenters. The Morgan fingerprint density at radius 2 is 1.82 bits per heavy atom. The van der Waals surface area contributed by atoms with E-state index in [1.165, 1.54) is 27.9 Å². The monoisotopic (exact) mass is 453 g/mol. The SMILES string of the molecule is COc1cc(-c2cnc3[nH]cc(-c4ccc5c(c4)CCN5)c3c2)ccc1CN1CCN(C)CC1. The minimum atomic E-state index is 0.913. The second-order valence-electron chi connectivity index (χ2n) is 9.48. The number of pyridine rings is 1. The Labute approximate surface area is 200 Å². The Hall–Kier alpha value is -3.35. The molecule has 0 radical (unpaired) electrons. The highest BCUT2D eigenvalue weighted by Crippen LogP contribution is 2.35. The molecule has 6 rings (SSSR count). The van der Waals surface area contributed by atoms with Gasteiger partial charge in [0.2, 0.25) is 0 Å². The molecule has 174 valence electrons. The molecule has 2 aromatic heterocycles. The highest BCUT2D eigenvalue weighted by Gasteiger charge is 2.17. The normalized spacial score (nSPS) is 16.5. The molecule has 34 heavy (non-hydrogen) atoms. The second kappa shape index (κ2) is 8.78. The smallest absolute Gasteiger partial charge is 0.137 e. The molecular formula is C28H31N5O. The third-order valence-corrected chi connectivity index (χ3v) is 7.27. The van der Waals surface area contributed by atoms with Crippen LogP contribution in [-0.2, 0) is 13.0 Å². The summed E-state index contributed by atoms with van der Waals surface area (Å²) in [7, 11) is 3.95. The summed E-state index contributed by atoms with van der Waals surface area (Å²) in [4.78, 5) is 13.0. The molecule has 2 aliphatic heterocycles. The fourth-order valence-electron chi connectivity index (χ4n) is 5.17. The Morgan fingerprint density at radius 1 is 0.971 bits per heavy atom. The summed E-state index contributed by atoms with van der Waals surface area (Å²) in [6.07, 6.45) is 5.10. The van der Waals surface area contributed by atoms with E-state index in [-0.39, 0.29) is 0 Å². The van der Waals surface area contributed by atoms with Crippen molar-refractivity contribution >= 4 is 16.7 Å². The van der Waals surface area contributed by atoms with Gasteiger partial charge in [-0.3, -0.25) is 4.90 Å². The van der Waals surface area contributed by atoms with Crippen molar-refractivity contribution in [3.05, 3.63) is 66.0 Å². The fourth-order valence-corrected chi connectivity index (χ4v) is 5.17. The molecule has 2 aromatic carbocycles. The lowest BCUT2D eigenvalue weighted by atomic mass is 9.99. The predicted octanol–water partition coefficient (Wildman–Crippen LogP) is 4.62. The minimum absolute atomic E-state index is 0.913. The molecule has 0 amide bonds. The third kappa shape index (κ3) is 3.93. The number of hydrogen-bond acceptors (Lipinski definition) is 5. The van der Waals surface area contributed by atoms with Crippen molar-refractivity contribution in [3.63, 3.8) is 0 Å². The lowest BCUT2D eigenvalue weighted by Gasteiger charge is -2.32. The summed E-state index contributed by atoms with van der Waals surface area (Å²) in [6, 6.07) is 15.5. The maximum atomic E-state index is 5.81. The molecule has 2 aliphatic rings. The summed E-state index contributed by atoms with van der Waals surface area (Å²) < 4.78 is 5.81. The van der Waals surface area contributed by atoms with Crippen LogP contribution in [0, 0.1) is 0 Å². The van der Waals surface area contributed by atoms with Crippen LogP contribution in [0.15, 0.2) is 54.9 Å². The van der Waals surface area contributed by atoms with Crippen LogP contribution in [0.1, 0.15) is 11.1 Å². The number of H-pyrrole nitrogens is 1. The van der Waals surface area contributed by atoms with E-state index in [1.807, 2.05) is 6.20 Å². The molecule has 1 fully saturated rings. The molecule has 6 heteroatoms. The van der Waals surface area contributed by atoms with Crippen LogP contribution in [0.4, 0.5) is 5.69 Å². The van der Waals surface area contributed by atoms with E-state index in [0.29, 0.717) is 0 Å². The van der Waals surface area contributed by atoms with Crippen LogP contribution in [0.25, 0.3) is 33.3 Å². The number of hydrogen-bond donors (Lipinski definition) is 2. The maximum Gasteiger partial charge on any atom is 0.137 e. The van der Waals surface area contributed by atoms with Gasteiger partial charge in [-0.25, -0.2) is 4.98 Å². The predicted molar refractivity (Wildman–Crippen MR) is 138 cm³/mol. The number of nitrogens with zero attached hydrogens (tertiary/aromatic N) is 3. The number of fused-ring (bicyclic) bond motifs is 2. The lowest BCUT2D eigenvalue weighted by molar-refractivity contribution is 0.147. The van der Waals surface area contributed by atoms with Crippen LogP contribution >= 0.6 is 0 Å². The third-order valence-electron chi connectivity index (χ3n) is 7.27. The molecule has 6 nitrogen and oxygen atoms in total. The van der Waals surface area contributed by atoms with Crippen molar-refractivity contribution < 1.29 is 4.74 Å². The molecule has 0 spiro atoms. The van der Waals surface area contributed by atoms with Gasteiger partial charge in [-0.2, -0.15) is 0 Å². The van der Waals surface area contributed by atoms with E-state index < -0.39 is 0 Å². The van der Waals surface area contributed by atoms with Crippen LogP contribution < -0.4 is 10.1 Å². The largest absolute Gasteiger partial charge is 0.496 e. The van der Waals surface area contributed by atoms with E-state index in [0.717, 1.165) is 73.6 Å². The number of piperazine rings is 1. The van der Waals surface area contributed by atoms with Gasteiger partial charge in [-0.05, 0) is 54.4 Å². The molecule has 4 heterocycles. The fraction of sp³-hybridized carbons (Fsp3) is 0.321. The van der Waals surface area contributed by atoms with Gasteiger partial charge in [-0.1, -0.05) is 18.2 Å². The van der Waals surface area contributed by atoms with E-state index in [4.69, 9.17) is 9.72 Å². The summed E-state index contributed by atoms with van der Waals surface area (Å²) in [5.74, 6) is 0.942. The van der Waals surface area contributed by atoms with E-state index in [1.54, 1.807) is 7.11 Å². The van der Waals surface area contributed by atoms with Gasteiger partial charge in [0.1, 0.15) is 11.4 Å². The quantitative estimate of drug-likeness (QED) is 0.462. The van der Waals surface area contributed by atoms with Gasteiger partial charge in [0.05, 0.1) is 7.11 Å². The Balaban J connectivity index is 1.31. The Morgan fingerprint density at radius 3 is 2.68 bits per heavy atom. The summed E-state index contributed by atoms with van der Waals surface area (Å²) in [5, 5.41) is 4.59. The van der Waals surface area contributed by atoms with Crippen LogP contribution in [0.3, 0.4) is 0 Å². The first kappa shape index (κ1) is 21.2. The number of anilines is 1. The van der Waals surface area contributed by atoms with Gasteiger partial charge in [0.25, 0.3) is 0 Å². The maximum absolute atomic E-state index is 5.81. The van der Waals surface area contributed by atoms with Gasteiger partial charge < -0.3 is 19.9 Å².